The van der Waals surface area contributed by atoms with Gasteiger partial charge in [0.2, 0.25) is 5.91 Å². The first-order chi connectivity index (χ1) is 9.34. The third-order valence-electron chi connectivity index (χ3n) is 2.72. The summed E-state index contributed by atoms with van der Waals surface area (Å²) in [5.74, 6) is 0.139. The molecule has 1 atom stereocenters. The van der Waals surface area contributed by atoms with E-state index in [4.69, 9.17) is 10.5 Å². The van der Waals surface area contributed by atoms with Crippen molar-refractivity contribution >= 4 is 15.7 Å². The number of nitrogens with one attached hydrogen (secondary N) is 1. The molecule has 0 aliphatic heterocycles. The van der Waals surface area contributed by atoms with E-state index in [2.05, 4.69) is 5.32 Å². The zero-order valence-electron chi connectivity index (χ0n) is 11.6. The Morgan fingerprint density at radius 1 is 1.35 bits per heavy atom. The van der Waals surface area contributed by atoms with Crippen molar-refractivity contribution in [2.45, 2.75) is 24.3 Å². The van der Waals surface area contributed by atoms with Crippen LogP contribution in [0.3, 0.4) is 0 Å². The van der Waals surface area contributed by atoms with E-state index in [0.717, 1.165) is 6.26 Å². The summed E-state index contributed by atoms with van der Waals surface area (Å²) in [5.41, 5.74) is 5.25. The first kappa shape index (κ1) is 16.5. The molecule has 1 rings (SSSR count). The number of hydrogen-bond donors (Lipinski definition) is 2. The first-order valence-corrected chi connectivity index (χ1v) is 8.19. The Morgan fingerprint density at radius 3 is 2.40 bits per heavy atom. The molecule has 0 bridgehead atoms. The van der Waals surface area contributed by atoms with E-state index in [-0.39, 0.29) is 4.90 Å². The van der Waals surface area contributed by atoms with E-state index >= 15 is 0 Å². The predicted octanol–water partition coefficient (Wildman–Crippen LogP) is 0.322. The second kappa shape index (κ2) is 7.25. The molecule has 0 spiro atoms. The SMILES string of the molecule is CCNC(CCOc1ccc(S(C)(=O)=O)cc1)C(N)=O. The van der Waals surface area contributed by atoms with Crippen LogP contribution in [0.25, 0.3) is 0 Å². The van der Waals surface area contributed by atoms with E-state index in [9.17, 15) is 13.2 Å². The molecule has 1 aromatic carbocycles. The molecule has 20 heavy (non-hydrogen) atoms. The largest absolute Gasteiger partial charge is 0.494 e. The molecule has 0 saturated heterocycles. The van der Waals surface area contributed by atoms with Gasteiger partial charge in [0.1, 0.15) is 5.75 Å². The highest BCUT2D eigenvalue weighted by atomic mass is 32.2. The Kier molecular flexibility index (Phi) is 5.97. The summed E-state index contributed by atoms with van der Waals surface area (Å²) >= 11 is 0. The lowest BCUT2D eigenvalue weighted by Crippen LogP contribution is -2.42. The minimum atomic E-state index is -3.20. The lowest BCUT2D eigenvalue weighted by atomic mass is 10.2. The van der Waals surface area contributed by atoms with Gasteiger partial charge in [0.05, 0.1) is 17.5 Å². The Morgan fingerprint density at radius 2 is 1.95 bits per heavy atom. The number of sulfone groups is 1. The van der Waals surface area contributed by atoms with Crippen LogP contribution in [0.2, 0.25) is 0 Å². The molecule has 0 fully saturated rings. The summed E-state index contributed by atoms with van der Waals surface area (Å²) in [4.78, 5) is 11.4. The molecule has 0 aliphatic carbocycles. The fourth-order valence-electron chi connectivity index (χ4n) is 1.67. The van der Waals surface area contributed by atoms with Crippen molar-refractivity contribution in [3.8, 4) is 5.75 Å². The first-order valence-electron chi connectivity index (χ1n) is 6.30. The normalized spacial score (nSPS) is 12.9. The van der Waals surface area contributed by atoms with Gasteiger partial charge in [-0.05, 0) is 30.8 Å². The number of amides is 1. The number of ether oxygens (including phenoxy) is 1. The fourth-order valence-corrected chi connectivity index (χ4v) is 2.30. The van der Waals surface area contributed by atoms with Crippen LogP contribution >= 0.6 is 0 Å². The number of benzene rings is 1. The van der Waals surface area contributed by atoms with Crippen LogP contribution < -0.4 is 15.8 Å². The van der Waals surface area contributed by atoms with E-state index < -0.39 is 21.8 Å². The second-order valence-corrected chi connectivity index (χ2v) is 6.41. The van der Waals surface area contributed by atoms with Crippen molar-refractivity contribution in [1.82, 2.24) is 5.32 Å². The van der Waals surface area contributed by atoms with Crippen molar-refractivity contribution in [2.24, 2.45) is 5.73 Å². The van der Waals surface area contributed by atoms with Gasteiger partial charge in [0, 0.05) is 12.7 Å². The average Bonchev–Trinajstić information content (AvgIpc) is 2.37. The minimum absolute atomic E-state index is 0.243. The van der Waals surface area contributed by atoms with Gasteiger partial charge in [-0.2, -0.15) is 0 Å². The number of rotatable bonds is 8. The molecule has 0 aliphatic rings. The van der Waals surface area contributed by atoms with Crippen molar-refractivity contribution in [1.29, 1.82) is 0 Å². The molecule has 1 amide bonds. The predicted molar refractivity (Wildman–Crippen MR) is 76.3 cm³/mol. The smallest absolute Gasteiger partial charge is 0.234 e. The maximum Gasteiger partial charge on any atom is 0.234 e. The molecule has 0 heterocycles. The van der Waals surface area contributed by atoms with Crippen LogP contribution in [0.1, 0.15) is 13.3 Å². The maximum absolute atomic E-state index is 11.3. The Labute approximate surface area is 119 Å². The van der Waals surface area contributed by atoms with Crippen LogP contribution in [-0.2, 0) is 14.6 Å². The van der Waals surface area contributed by atoms with Gasteiger partial charge >= 0.3 is 0 Å². The fraction of sp³-hybridized carbons (Fsp3) is 0.462. The van der Waals surface area contributed by atoms with Crippen LogP contribution in [0.5, 0.6) is 5.75 Å². The zero-order chi connectivity index (χ0) is 15.2. The quantitative estimate of drug-likeness (QED) is 0.720. The number of hydrogen-bond acceptors (Lipinski definition) is 5. The Bertz CT molecular complexity index is 540. The van der Waals surface area contributed by atoms with Gasteiger partial charge < -0.3 is 15.8 Å². The molecule has 0 aromatic heterocycles. The van der Waals surface area contributed by atoms with E-state index in [0.29, 0.717) is 25.3 Å². The highest BCUT2D eigenvalue weighted by Crippen LogP contribution is 2.16. The molecule has 112 valence electrons. The lowest BCUT2D eigenvalue weighted by Gasteiger charge is -2.14. The van der Waals surface area contributed by atoms with Crippen LogP contribution in [0.4, 0.5) is 0 Å². The molecule has 1 unspecified atom stereocenters. The number of carbonyl (C=O) groups is 1. The molecule has 3 N–H and O–H groups in total. The van der Waals surface area contributed by atoms with Crippen LogP contribution in [0, 0.1) is 0 Å². The van der Waals surface area contributed by atoms with Gasteiger partial charge in [-0.1, -0.05) is 6.92 Å². The Hall–Kier alpha value is -1.60. The van der Waals surface area contributed by atoms with E-state index in [1.54, 1.807) is 12.1 Å². The van der Waals surface area contributed by atoms with Crippen molar-refractivity contribution in [3.05, 3.63) is 24.3 Å². The number of likely N-dealkylation sites (N-methyl/N-ethyl adjacent to an activating group) is 1. The Balaban J connectivity index is 2.52. The maximum atomic E-state index is 11.3. The van der Waals surface area contributed by atoms with Gasteiger partial charge in [0.15, 0.2) is 9.84 Å². The van der Waals surface area contributed by atoms with Gasteiger partial charge in [0.25, 0.3) is 0 Å². The third kappa shape index (κ3) is 5.18. The standard InChI is InChI=1S/C13H20N2O4S/c1-3-15-12(13(14)16)8-9-19-10-4-6-11(7-5-10)20(2,17)18/h4-7,12,15H,3,8-9H2,1-2H3,(H2,14,16). The molecular formula is C13H20N2O4S. The van der Waals surface area contributed by atoms with Crippen molar-refractivity contribution in [3.63, 3.8) is 0 Å². The van der Waals surface area contributed by atoms with E-state index in [1.165, 1.54) is 12.1 Å². The van der Waals surface area contributed by atoms with Gasteiger partial charge in [-0.15, -0.1) is 0 Å². The molecule has 7 heteroatoms. The molecule has 6 nitrogen and oxygen atoms in total. The second-order valence-electron chi connectivity index (χ2n) is 4.39. The average molecular weight is 300 g/mol. The van der Waals surface area contributed by atoms with Crippen LogP contribution in [-0.4, -0.2) is 39.8 Å². The van der Waals surface area contributed by atoms with Crippen molar-refractivity contribution in [2.75, 3.05) is 19.4 Å². The van der Waals surface area contributed by atoms with Gasteiger partial charge in [-0.3, -0.25) is 4.79 Å². The summed E-state index contributed by atoms with van der Waals surface area (Å²) in [6, 6.07) is 5.72. The van der Waals surface area contributed by atoms with E-state index in [1.807, 2.05) is 6.92 Å². The van der Waals surface area contributed by atoms with Gasteiger partial charge in [-0.25, -0.2) is 8.42 Å². The number of nitrogens with two attached hydrogens (primary N) is 1. The number of carbonyl (C=O) groups excluding carboxylic acids is 1. The summed E-state index contributed by atoms with van der Waals surface area (Å²) in [5, 5.41) is 2.96. The third-order valence-corrected chi connectivity index (χ3v) is 3.85. The summed E-state index contributed by atoms with van der Waals surface area (Å²) in [6.45, 7) is 2.86. The highest BCUT2D eigenvalue weighted by Gasteiger charge is 2.13. The summed E-state index contributed by atoms with van der Waals surface area (Å²) < 4.78 is 28.0. The van der Waals surface area contributed by atoms with Crippen LogP contribution in [0.15, 0.2) is 29.2 Å². The minimum Gasteiger partial charge on any atom is -0.494 e. The molecular weight excluding hydrogens is 280 g/mol. The molecule has 0 saturated carbocycles. The number of primary amides is 1. The summed E-state index contributed by atoms with van der Waals surface area (Å²) in [7, 11) is -3.20. The molecule has 1 aromatic rings. The van der Waals surface area contributed by atoms with Crippen molar-refractivity contribution < 1.29 is 17.9 Å². The lowest BCUT2D eigenvalue weighted by molar-refractivity contribution is -0.120. The zero-order valence-corrected chi connectivity index (χ0v) is 12.4. The topological polar surface area (TPSA) is 98.5 Å². The highest BCUT2D eigenvalue weighted by molar-refractivity contribution is 7.90. The summed E-state index contributed by atoms with van der Waals surface area (Å²) in [6.07, 6.45) is 1.60. The molecule has 0 radical (unpaired) electrons. The monoisotopic (exact) mass is 300 g/mol.